The lowest BCUT2D eigenvalue weighted by atomic mass is 9.96. The van der Waals surface area contributed by atoms with Gasteiger partial charge in [-0.2, -0.15) is 0 Å². The van der Waals surface area contributed by atoms with E-state index in [0.717, 1.165) is 40.9 Å². The number of nitrogens with one attached hydrogen (secondary N) is 1. The molecule has 152 valence electrons. The topological polar surface area (TPSA) is 32.9 Å². The van der Waals surface area contributed by atoms with Gasteiger partial charge in [0.05, 0.1) is 0 Å². The summed E-state index contributed by atoms with van der Waals surface area (Å²) in [7, 11) is 0. The second-order valence-corrected chi connectivity index (χ2v) is 7.28. The molecule has 29 heavy (non-hydrogen) atoms. The maximum absolute atomic E-state index is 12.1. The number of fused-ring (bicyclic) bond motifs is 1. The van der Waals surface area contributed by atoms with Gasteiger partial charge >= 0.3 is 0 Å². The highest BCUT2D eigenvalue weighted by Crippen LogP contribution is 2.26. The van der Waals surface area contributed by atoms with Crippen molar-refractivity contribution in [1.82, 2.24) is 4.98 Å². The Kier molecular flexibility index (Phi) is 8.21. The molecule has 3 rings (SSSR count). The third kappa shape index (κ3) is 6.05. The van der Waals surface area contributed by atoms with Gasteiger partial charge in [0.15, 0.2) is 5.78 Å². The van der Waals surface area contributed by atoms with Crippen LogP contribution in [0.3, 0.4) is 0 Å². The Morgan fingerprint density at radius 3 is 2.34 bits per heavy atom. The normalized spacial score (nSPS) is 14.1. The minimum absolute atomic E-state index is 0.243. The lowest BCUT2D eigenvalue weighted by Gasteiger charge is -2.08. The largest absolute Gasteiger partial charge is 0.358 e. The second-order valence-electron chi connectivity index (χ2n) is 7.28. The molecule has 0 saturated heterocycles. The molecule has 1 N–H and O–H groups in total. The van der Waals surface area contributed by atoms with Crippen molar-refractivity contribution < 1.29 is 4.79 Å². The summed E-state index contributed by atoms with van der Waals surface area (Å²) < 4.78 is 0. The predicted octanol–water partition coefficient (Wildman–Crippen LogP) is 7.41. The minimum Gasteiger partial charge on any atom is -0.358 e. The number of carbonyl (C=O) groups excluding carboxylic acids is 1. The fourth-order valence-electron chi connectivity index (χ4n) is 3.61. The van der Waals surface area contributed by atoms with Gasteiger partial charge in [-0.25, -0.2) is 0 Å². The molecular formula is C27H33NO. The summed E-state index contributed by atoms with van der Waals surface area (Å²) in [6.45, 7) is 14.4. The van der Waals surface area contributed by atoms with E-state index in [-0.39, 0.29) is 5.78 Å². The fourth-order valence-corrected chi connectivity index (χ4v) is 3.61. The number of aromatic nitrogens is 1. The Hall–Kier alpha value is -2.87. The number of aromatic amines is 1. The third-order valence-corrected chi connectivity index (χ3v) is 4.76. The summed E-state index contributed by atoms with van der Waals surface area (Å²) in [6, 6.07) is 8.49. The molecule has 0 unspecified atom stereocenters. The van der Waals surface area contributed by atoms with Crippen LogP contribution in [0.4, 0.5) is 0 Å². The SMILES string of the molecule is C=C(/C=C\c1cc(C)cc(C)c1)/C=C(\C=C/C)c1cc2c([nH]1)CCCC2=O.CC. The molecule has 1 heterocycles. The van der Waals surface area contributed by atoms with Crippen LogP contribution in [0.15, 0.2) is 60.7 Å². The molecule has 0 bridgehead atoms. The van der Waals surface area contributed by atoms with Crippen molar-refractivity contribution in [2.24, 2.45) is 0 Å². The van der Waals surface area contributed by atoms with Crippen LogP contribution >= 0.6 is 0 Å². The van der Waals surface area contributed by atoms with Crippen molar-refractivity contribution in [3.63, 3.8) is 0 Å². The summed E-state index contributed by atoms with van der Waals surface area (Å²) >= 11 is 0. The Morgan fingerprint density at radius 1 is 1.03 bits per heavy atom. The van der Waals surface area contributed by atoms with Crippen LogP contribution in [0, 0.1) is 13.8 Å². The number of H-pyrrole nitrogens is 1. The van der Waals surface area contributed by atoms with Gasteiger partial charge in [0.1, 0.15) is 0 Å². The number of rotatable bonds is 5. The van der Waals surface area contributed by atoms with Crippen molar-refractivity contribution >= 4 is 17.4 Å². The van der Waals surface area contributed by atoms with Gasteiger partial charge < -0.3 is 4.98 Å². The van der Waals surface area contributed by atoms with E-state index in [9.17, 15) is 4.79 Å². The van der Waals surface area contributed by atoms with Crippen molar-refractivity contribution in [2.45, 2.75) is 53.9 Å². The van der Waals surface area contributed by atoms with E-state index in [2.05, 4.69) is 61.8 Å². The van der Waals surface area contributed by atoms with E-state index in [1.54, 1.807) is 0 Å². The third-order valence-electron chi connectivity index (χ3n) is 4.76. The molecule has 0 fully saturated rings. The molecule has 0 atom stereocenters. The van der Waals surface area contributed by atoms with E-state index in [1.165, 1.54) is 16.7 Å². The molecule has 0 spiro atoms. The fraction of sp³-hybridized carbons (Fsp3) is 0.296. The molecule has 2 heteroatoms. The predicted molar refractivity (Wildman–Crippen MR) is 126 cm³/mol. The van der Waals surface area contributed by atoms with Gasteiger partial charge in [0, 0.05) is 23.4 Å². The number of allylic oxidation sites excluding steroid dienone is 6. The quantitative estimate of drug-likeness (QED) is 0.532. The number of benzene rings is 1. The number of hydrogen-bond donors (Lipinski definition) is 1. The van der Waals surface area contributed by atoms with Crippen LogP contribution in [-0.4, -0.2) is 10.8 Å². The Bertz CT molecular complexity index is 946. The van der Waals surface area contributed by atoms with Crippen molar-refractivity contribution in [3.05, 3.63) is 94.4 Å². The summed E-state index contributed by atoms with van der Waals surface area (Å²) in [5.41, 5.74) is 8.54. The molecule has 1 aliphatic carbocycles. The lowest BCUT2D eigenvalue weighted by Crippen LogP contribution is -2.08. The van der Waals surface area contributed by atoms with E-state index >= 15 is 0 Å². The standard InChI is InChI=1S/C25H27NO.C2H6/c1-5-7-21(24-16-22-23(26-24)8-6-9-25(22)27)15-17(2)10-11-20-13-18(3)12-19(4)14-20;1-2/h5,7,10-16,26H,2,6,8-9H2,1,3-4H3;1-2H3/b7-5-,11-10-,21-15+;. The van der Waals surface area contributed by atoms with E-state index in [0.29, 0.717) is 6.42 Å². The molecule has 2 nitrogen and oxygen atoms in total. The Balaban J connectivity index is 0.00000145. The highest BCUT2D eigenvalue weighted by Gasteiger charge is 2.20. The summed E-state index contributed by atoms with van der Waals surface area (Å²) in [4.78, 5) is 15.6. The van der Waals surface area contributed by atoms with E-state index in [4.69, 9.17) is 0 Å². The van der Waals surface area contributed by atoms with Gasteiger partial charge in [0.25, 0.3) is 0 Å². The molecule has 0 radical (unpaired) electrons. The Morgan fingerprint density at radius 2 is 1.72 bits per heavy atom. The van der Waals surface area contributed by atoms with Crippen molar-refractivity contribution in [2.75, 3.05) is 0 Å². The number of aryl methyl sites for hydroxylation is 3. The monoisotopic (exact) mass is 387 g/mol. The first kappa shape index (κ1) is 22.4. The minimum atomic E-state index is 0.243. The maximum Gasteiger partial charge on any atom is 0.164 e. The van der Waals surface area contributed by atoms with Gasteiger partial charge in [0.2, 0.25) is 0 Å². The van der Waals surface area contributed by atoms with Crippen LogP contribution in [0.5, 0.6) is 0 Å². The molecular weight excluding hydrogens is 354 g/mol. The molecule has 1 aromatic carbocycles. The molecule has 2 aromatic rings. The smallest absolute Gasteiger partial charge is 0.164 e. The zero-order valence-corrected chi connectivity index (χ0v) is 18.4. The number of Topliss-reactive ketones (excluding diaryl/α,β-unsaturated/α-hetero) is 1. The summed E-state index contributed by atoms with van der Waals surface area (Å²) in [5, 5.41) is 0. The molecule has 1 aliphatic rings. The zero-order chi connectivity index (χ0) is 21.4. The van der Waals surface area contributed by atoms with Crippen LogP contribution in [0.25, 0.3) is 11.6 Å². The number of hydrogen-bond acceptors (Lipinski definition) is 1. The van der Waals surface area contributed by atoms with E-state index < -0.39 is 0 Å². The second kappa shape index (κ2) is 10.6. The van der Waals surface area contributed by atoms with Gasteiger partial charge in [-0.05, 0) is 62.5 Å². The first-order valence-corrected chi connectivity index (χ1v) is 10.5. The van der Waals surface area contributed by atoms with Crippen LogP contribution in [-0.2, 0) is 6.42 Å². The van der Waals surface area contributed by atoms with Gasteiger partial charge in [-0.1, -0.05) is 74.1 Å². The lowest BCUT2D eigenvalue weighted by molar-refractivity contribution is 0.0972. The van der Waals surface area contributed by atoms with E-state index in [1.807, 2.05) is 39.0 Å². The highest BCUT2D eigenvalue weighted by molar-refractivity contribution is 5.99. The Labute approximate surface area is 175 Å². The number of ketones is 1. The average molecular weight is 388 g/mol. The summed E-state index contributed by atoms with van der Waals surface area (Å²) in [5.74, 6) is 0.243. The van der Waals surface area contributed by atoms with Crippen LogP contribution in [0.2, 0.25) is 0 Å². The van der Waals surface area contributed by atoms with Crippen molar-refractivity contribution in [1.29, 1.82) is 0 Å². The molecule has 1 aromatic heterocycles. The summed E-state index contributed by atoms with van der Waals surface area (Å²) in [6.07, 6.45) is 12.8. The van der Waals surface area contributed by atoms with Crippen molar-refractivity contribution in [3.8, 4) is 0 Å². The maximum atomic E-state index is 12.1. The first-order chi connectivity index (χ1) is 14.0. The van der Waals surface area contributed by atoms with Gasteiger partial charge in [-0.3, -0.25) is 4.79 Å². The average Bonchev–Trinajstić information content (AvgIpc) is 3.13. The first-order valence-electron chi connectivity index (χ1n) is 10.5. The van der Waals surface area contributed by atoms with Crippen LogP contribution in [0.1, 0.15) is 72.0 Å². The number of carbonyl (C=O) groups is 1. The van der Waals surface area contributed by atoms with Crippen LogP contribution < -0.4 is 0 Å². The molecule has 0 aliphatic heterocycles. The zero-order valence-electron chi connectivity index (χ0n) is 18.4. The van der Waals surface area contributed by atoms with Gasteiger partial charge in [-0.15, -0.1) is 0 Å². The highest BCUT2D eigenvalue weighted by atomic mass is 16.1. The molecule has 0 saturated carbocycles. The molecule has 0 amide bonds.